The number of nitrogens with zero attached hydrogens (tertiary/aromatic N) is 1. The summed E-state index contributed by atoms with van der Waals surface area (Å²) < 4.78 is 11.6. The van der Waals surface area contributed by atoms with Gasteiger partial charge in [0, 0.05) is 19.7 Å². The minimum atomic E-state index is -0.679. The molecule has 5 nitrogen and oxygen atoms in total. The van der Waals surface area contributed by atoms with Crippen molar-refractivity contribution in [3.8, 4) is 16.9 Å². The first-order chi connectivity index (χ1) is 15.0. The van der Waals surface area contributed by atoms with Crippen LogP contribution >= 0.6 is 0 Å². The molecule has 1 amide bonds. The summed E-state index contributed by atoms with van der Waals surface area (Å²) in [6.07, 6.45) is 0.785. The maximum Gasteiger partial charge on any atom is 0.263 e. The number of likely N-dealkylation sites (N-methyl/N-ethyl adjacent to an activating group) is 1. The van der Waals surface area contributed by atoms with Gasteiger partial charge < -0.3 is 14.1 Å². The monoisotopic (exact) mass is 413 g/mol. The Balaban J connectivity index is 1.51. The van der Waals surface area contributed by atoms with Crippen LogP contribution in [-0.4, -0.2) is 24.0 Å². The molecule has 4 rings (SSSR count). The summed E-state index contributed by atoms with van der Waals surface area (Å²) in [6, 6.07) is 24.2. The van der Waals surface area contributed by atoms with Crippen LogP contribution in [0.1, 0.15) is 12.5 Å². The number of rotatable bonds is 6. The Morgan fingerprint density at radius 2 is 1.68 bits per heavy atom. The van der Waals surface area contributed by atoms with Crippen molar-refractivity contribution in [3.05, 3.63) is 101 Å². The SMILES string of the molecule is C[C@H](Oc1ccc2c(=O)c(-c3ccccc3)coc2c1)C(=O)N(C)Cc1ccccc1. The van der Waals surface area contributed by atoms with Crippen LogP contribution in [0.2, 0.25) is 0 Å². The molecule has 3 aromatic carbocycles. The summed E-state index contributed by atoms with van der Waals surface area (Å²) in [4.78, 5) is 27.2. The van der Waals surface area contributed by atoms with E-state index in [1.54, 1.807) is 37.1 Å². The van der Waals surface area contributed by atoms with E-state index in [0.717, 1.165) is 11.1 Å². The third kappa shape index (κ3) is 4.51. The topological polar surface area (TPSA) is 59.8 Å². The Labute approximate surface area is 180 Å². The third-order valence-corrected chi connectivity index (χ3v) is 5.13. The molecule has 5 heteroatoms. The predicted molar refractivity (Wildman–Crippen MR) is 121 cm³/mol. The molecule has 1 heterocycles. The maximum absolute atomic E-state index is 12.9. The van der Waals surface area contributed by atoms with Crippen LogP contribution in [0.5, 0.6) is 5.75 Å². The molecule has 1 aromatic heterocycles. The Kier molecular flexibility index (Phi) is 5.85. The van der Waals surface area contributed by atoms with Gasteiger partial charge in [0.05, 0.1) is 10.9 Å². The quantitative estimate of drug-likeness (QED) is 0.452. The highest BCUT2D eigenvalue weighted by molar-refractivity contribution is 5.83. The van der Waals surface area contributed by atoms with Crippen molar-refractivity contribution < 1.29 is 13.9 Å². The zero-order valence-electron chi connectivity index (χ0n) is 17.4. The summed E-state index contributed by atoms with van der Waals surface area (Å²) >= 11 is 0. The highest BCUT2D eigenvalue weighted by Crippen LogP contribution is 2.24. The fraction of sp³-hybridized carbons (Fsp3) is 0.154. The van der Waals surface area contributed by atoms with Crippen LogP contribution in [-0.2, 0) is 11.3 Å². The standard InChI is InChI=1S/C26H23NO4/c1-18(26(29)27(2)16-19-9-5-3-6-10-19)31-21-13-14-22-24(15-21)30-17-23(25(22)28)20-11-7-4-8-12-20/h3-15,17-18H,16H2,1-2H3/t18-/m0/s1. The number of carbonyl (C=O) groups excluding carboxylic acids is 1. The zero-order valence-corrected chi connectivity index (χ0v) is 17.4. The summed E-state index contributed by atoms with van der Waals surface area (Å²) in [6.45, 7) is 2.21. The lowest BCUT2D eigenvalue weighted by Crippen LogP contribution is -2.37. The smallest absolute Gasteiger partial charge is 0.263 e. The van der Waals surface area contributed by atoms with Gasteiger partial charge in [-0.3, -0.25) is 9.59 Å². The van der Waals surface area contributed by atoms with E-state index in [-0.39, 0.29) is 11.3 Å². The van der Waals surface area contributed by atoms with E-state index in [0.29, 0.717) is 28.8 Å². The van der Waals surface area contributed by atoms with Crippen LogP contribution in [0.25, 0.3) is 22.1 Å². The zero-order chi connectivity index (χ0) is 21.8. The van der Waals surface area contributed by atoms with Gasteiger partial charge in [-0.05, 0) is 30.2 Å². The van der Waals surface area contributed by atoms with Gasteiger partial charge in [-0.2, -0.15) is 0 Å². The fourth-order valence-corrected chi connectivity index (χ4v) is 3.50. The highest BCUT2D eigenvalue weighted by atomic mass is 16.5. The molecule has 0 aliphatic carbocycles. The molecule has 0 radical (unpaired) electrons. The van der Waals surface area contributed by atoms with Crippen molar-refractivity contribution in [3.63, 3.8) is 0 Å². The van der Waals surface area contributed by atoms with Crippen molar-refractivity contribution in [1.82, 2.24) is 4.90 Å². The lowest BCUT2D eigenvalue weighted by atomic mass is 10.1. The van der Waals surface area contributed by atoms with E-state index >= 15 is 0 Å². The average molecular weight is 413 g/mol. The van der Waals surface area contributed by atoms with Crippen LogP contribution in [0.15, 0.2) is 94.3 Å². The maximum atomic E-state index is 12.9. The number of benzene rings is 3. The Bertz CT molecular complexity index is 1250. The molecule has 0 bridgehead atoms. The van der Waals surface area contributed by atoms with Gasteiger partial charge in [0.1, 0.15) is 17.6 Å². The number of amides is 1. The molecule has 156 valence electrons. The van der Waals surface area contributed by atoms with Crippen LogP contribution in [0.3, 0.4) is 0 Å². The molecule has 0 aliphatic rings. The summed E-state index contributed by atoms with van der Waals surface area (Å²) in [7, 11) is 1.75. The second kappa shape index (κ2) is 8.88. The van der Waals surface area contributed by atoms with E-state index < -0.39 is 6.10 Å². The second-order valence-electron chi connectivity index (χ2n) is 7.44. The second-order valence-corrected chi connectivity index (χ2v) is 7.44. The van der Waals surface area contributed by atoms with Gasteiger partial charge in [0.15, 0.2) is 11.5 Å². The van der Waals surface area contributed by atoms with Crippen molar-refractivity contribution in [2.24, 2.45) is 0 Å². The van der Waals surface area contributed by atoms with E-state index in [1.807, 2.05) is 60.7 Å². The van der Waals surface area contributed by atoms with Gasteiger partial charge in [-0.25, -0.2) is 0 Å². The lowest BCUT2D eigenvalue weighted by molar-refractivity contribution is -0.137. The number of fused-ring (bicyclic) bond motifs is 1. The first kappa shape index (κ1) is 20.4. The molecule has 0 saturated heterocycles. The van der Waals surface area contributed by atoms with Gasteiger partial charge in [-0.1, -0.05) is 60.7 Å². The van der Waals surface area contributed by atoms with Crippen molar-refractivity contribution in [2.75, 3.05) is 7.05 Å². The first-order valence-corrected chi connectivity index (χ1v) is 10.1. The van der Waals surface area contributed by atoms with Crippen molar-refractivity contribution in [1.29, 1.82) is 0 Å². The Hall–Kier alpha value is -3.86. The molecule has 0 fully saturated rings. The minimum Gasteiger partial charge on any atom is -0.481 e. The average Bonchev–Trinajstić information content (AvgIpc) is 2.80. The third-order valence-electron chi connectivity index (χ3n) is 5.13. The van der Waals surface area contributed by atoms with Crippen LogP contribution in [0, 0.1) is 0 Å². The fourth-order valence-electron chi connectivity index (χ4n) is 3.50. The molecular formula is C26H23NO4. The molecule has 1 atom stereocenters. The highest BCUT2D eigenvalue weighted by Gasteiger charge is 2.20. The number of ether oxygens (including phenoxy) is 1. The number of hydrogen-bond donors (Lipinski definition) is 0. The summed E-state index contributed by atoms with van der Waals surface area (Å²) in [5.74, 6) is 0.335. The van der Waals surface area contributed by atoms with E-state index in [9.17, 15) is 9.59 Å². The molecule has 0 aliphatic heterocycles. The van der Waals surface area contributed by atoms with E-state index in [2.05, 4.69) is 0 Å². The number of hydrogen-bond acceptors (Lipinski definition) is 4. The summed E-state index contributed by atoms with van der Waals surface area (Å²) in [5, 5.41) is 0.467. The minimum absolute atomic E-state index is 0.106. The molecule has 0 N–H and O–H groups in total. The molecule has 0 saturated carbocycles. The summed E-state index contributed by atoms with van der Waals surface area (Å²) in [5.41, 5.74) is 2.67. The molecule has 0 unspecified atom stereocenters. The molecule has 4 aromatic rings. The Morgan fingerprint density at radius 3 is 2.39 bits per heavy atom. The predicted octanol–water partition coefficient (Wildman–Crippen LogP) is 4.89. The van der Waals surface area contributed by atoms with Crippen LogP contribution in [0.4, 0.5) is 0 Å². The van der Waals surface area contributed by atoms with Crippen LogP contribution < -0.4 is 10.2 Å². The molecule has 31 heavy (non-hydrogen) atoms. The van der Waals surface area contributed by atoms with E-state index in [4.69, 9.17) is 9.15 Å². The van der Waals surface area contributed by atoms with Crippen molar-refractivity contribution >= 4 is 16.9 Å². The van der Waals surface area contributed by atoms with Gasteiger partial charge in [0.2, 0.25) is 0 Å². The van der Waals surface area contributed by atoms with Gasteiger partial charge in [-0.15, -0.1) is 0 Å². The molecular weight excluding hydrogens is 390 g/mol. The van der Waals surface area contributed by atoms with Gasteiger partial charge in [0.25, 0.3) is 5.91 Å². The number of carbonyl (C=O) groups is 1. The first-order valence-electron chi connectivity index (χ1n) is 10.1. The van der Waals surface area contributed by atoms with Crippen molar-refractivity contribution in [2.45, 2.75) is 19.6 Å². The largest absolute Gasteiger partial charge is 0.481 e. The van der Waals surface area contributed by atoms with E-state index in [1.165, 1.54) is 6.26 Å². The van der Waals surface area contributed by atoms with Gasteiger partial charge >= 0.3 is 0 Å². The molecule has 0 spiro atoms. The Morgan fingerprint density at radius 1 is 1.00 bits per heavy atom. The lowest BCUT2D eigenvalue weighted by Gasteiger charge is -2.22. The normalized spacial score (nSPS) is 11.8.